The molecule has 1 aliphatic heterocycles. The van der Waals surface area contributed by atoms with Crippen LogP contribution in [0.25, 0.3) is 0 Å². The van der Waals surface area contributed by atoms with E-state index in [1.165, 1.54) is 81.8 Å². The predicted molar refractivity (Wildman–Crippen MR) is 179 cm³/mol. The van der Waals surface area contributed by atoms with Gasteiger partial charge in [-0.25, -0.2) is 4.99 Å². The Morgan fingerprint density at radius 3 is 2.19 bits per heavy atom. The molecule has 43 heavy (non-hydrogen) atoms. The number of rotatable bonds is 19. The van der Waals surface area contributed by atoms with Gasteiger partial charge in [-0.3, -0.25) is 4.79 Å². The Kier molecular flexibility index (Phi) is 17.3. The normalized spacial score (nSPS) is 16.0. The van der Waals surface area contributed by atoms with E-state index >= 15 is 0 Å². The number of halogens is 2. The number of allylic oxidation sites excluding steroid dienone is 1. The number of nitrogens with zero attached hydrogens (tertiary/aromatic N) is 1. The molecular formula is C37H54BrClN2O2. The van der Waals surface area contributed by atoms with Crippen LogP contribution < -0.4 is 31.6 Å². The number of amides is 1. The fourth-order valence-electron chi connectivity index (χ4n) is 5.75. The highest BCUT2D eigenvalue weighted by Gasteiger charge is 2.31. The maximum absolute atomic E-state index is 12.7. The molecule has 0 bridgehead atoms. The summed E-state index contributed by atoms with van der Waals surface area (Å²) in [6, 6.07) is 14.2. The number of hydrogen-bond donors (Lipinski definition) is 1. The third kappa shape index (κ3) is 12.8. The molecule has 0 aliphatic carbocycles. The molecule has 0 saturated carbocycles. The number of carbonyl (C=O) groups is 1. The van der Waals surface area contributed by atoms with Crippen molar-refractivity contribution in [2.45, 2.75) is 118 Å². The summed E-state index contributed by atoms with van der Waals surface area (Å²) in [6.45, 7) is 10.4. The van der Waals surface area contributed by atoms with Gasteiger partial charge in [-0.2, -0.15) is 0 Å². The lowest BCUT2D eigenvalue weighted by Crippen LogP contribution is -3.00. The number of ether oxygens (including phenoxy) is 1. The number of unbranched alkanes of at least 4 members (excludes halogenated alkanes) is 11. The Bertz CT molecular complexity index is 1180. The van der Waals surface area contributed by atoms with E-state index in [-0.39, 0.29) is 28.3 Å². The standard InChI is InChI=1S/C37H53ClN2O2.BrH/c1-5-6-7-8-9-10-11-12-13-14-15-16-24-42-36-21-20-33(26-35(36)38)28-40(31(3)41)34-19-17-18-32(25-34)27-37(4)29-39-23-22-30(37)2;/h17-23,25-26H,5-16,24,27-29H2,1-4H3;1H. The van der Waals surface area contributed by atoms with Gasteiger partial charge in [0.15, 0.2) is 6.21 Å². The fraction of sp³-hybridized carbons (Fsp3) is 0.568. The summed E-state index contributed by atoms with van der Waals surface area (Å²) < 4.78 is 6.00. The van der Waals surface area contributed by atoms with E-state index in [0.29, 0.717) is 18.2 Å². The van der Waals surface area contributed by atoms with Gasteiger partial charge in [-0.1, -0.05) is 113 Å². The van der Waals surface area contributed by atoms with Crippen molar-refractivity contribution >= 4 is 29.4 Å². The second-order valence-electron chi connectivity index (χ2n) is 12.4. The SMILES string of the molecule is CCCCCCCCCCCCCCOc1ccc(CN(C(C)=O)c2cccc(CC3(C)C[NH+]=CC=C3C)c2)cc1Cl.[Br-]. The molecule has 1 heterocycles. The first-order valence-corrected chi connectivity index (χ1v) is 16.7. The molecule has 3 rings (SSSR count). The van der Waals surface area contributed by atoms with Crippen molar-refractivity contribution < 1.29 is 31.5 Å². The van der Waals surface area contributed by atoms with Gasteiger partial charge in [-0.05, 0) is 62.1 Å². The number of nitrogens with one attached hydrogen (secondary N) is 1. The van der Waals surface area contributed by atoms with Crippen LogP contribution in [0.2, 0.25) is 5.02 Å². The van der Waals surface area contributed by atoms with Crippen molar-refractivity contribution in [3.05, 3.63) is 70.3 Å². The largest absolute Gasteiger partial charge is 1.00 e. The molecular weight excluding hydrogens is 620 g/mol. The number of anilines is 1. The lowest BCUT2D eigenvalue weighted by Gasteiger charge is -2.29. The van der Waals surface area contributed by atoms with Crippen LogP contribution in [-0.2, 0) is 17.8 Å². The van der Waals surface area contributed by atoms with Crippen molar-refractivity contribution in [3.8, 4) is 5.75 Å². The average Bonchev–Trinajstić information content (AvgIpc) is 2.96. The highest BCUT2D eigenvalue weighted by Crippen LogP contribution is 2.32. The van der Waals surface area contributed by atoms with E-state index in [0.717, 1.165) is 36.4 Å². The quantitative estimate of drug-likeness (QED) is 0.196. The Labute approximate surface area is 277 Å². The minimum absolute atomic E-state index is 0. The van der Waals surface area contributed by atoms with E-state index in [9.17, 15) is 4.79 Å². The van der Waals surface area contributed by atoms with Crippen LogP contribution >= 0.6 is 11.6 Å². The zero-order chi connectivity index (χ0) is 30.2. The highest BCUT2D eigenvalue weighted by molar-refractivity contribution is 6.32. The maximum Gasteiger partial charge on any atom is 0.224 e. The van der Waals surface area contributed by atoms with E-state index in [2.05, 4.69) is 44.0 Å². The van der Waals surface area contributed by atoms with E-state index in [1.54, 1.807) is 6.92 Å². The first-order valence-electron chi connectivity index (χ1n) is 16.3. The van der Waals surface area contributed by atoms with Crippen LogP contribution in [-0.4, -0.2) is 25.3 Å². The van der Waals surface area contributed by atoms with Crippen molar-refractivity contribution in [1.29, 1.82) is 0 Å². The lowest BCUT2D eigenvalue weighted by molar-refractivity contribution is -0.469. The highest BCUT2D eigenvalue weighted by atomic mass is 79.9. The molecule has 0 spiro atoms. The van der Waals surface area contributed by atoms with Gasteiger partial charge in [0.1, 0.15) is 12.3 Å². The van der Waals surface area contributed by atoms with Gasteiger partial charge in [0.25, 0.3) is 0 Å². The van der Waals surface area contributed by atoms with E-state index in [1.807, 2.05) is 41.4 Å². The van der Waals surface area contributed by atoms with Crippen molar-refractivity contribution in [2.24, 2.45) is 5.41 Å². The maximum atomic E-state index is 12.7. The van der Waals surface area contributed by atoms with Crippen molar-refractivity contribution in [3.63, 3.8) is 0 Å². The summed E-state index contributed by atoms with van der Waals surface area (Å²) in [5.74, 6) is 0.724. The van der Waals surface area contributed by atoms with Gasteiger partial charge in [0, 0.05) is 18.7 Å². The van der Waals surface area contributed by atoms with E-state index in [4.69, 9.17) is 16.3 Å². The molecule has 0 saturated heterocycles. The van der Waals surface area contributed by atoms with Crippen molar-refractivity contribution in [2.75, 3.05) is 18.1 Å². The molecule has 0 radical (unpaired) electrons. The van der Waals surface area contributed by atoms with Gasteiger partial charge in [-0.15, -0.1) is 0 Å². The Morgan fingerprint density at radius 1 is 0.930 bits per heavy atom. The second kappa shape index (κ2) is 20.0. The lowest BCUT2D eigenvalue weighted by atomic mass is 9.76. The summed E-state index contributed by atoms with van der Waals surface area (Å²) in [7, 11) is 0. The molecule has 2 aromatic rings. The first-order chi connectivity index (χ1) is 20.3. The van der Waals surface area contributed by atoms with Crippen molar-refractivity contribution in [1.82, 2.24) is 0 Å². The molecule has 1 aliphatic rings. The average molecular weight is 674 g/mol. The minimum atomic E-state index is 0. The summed E-state index contributed by atoms with van der Waals surface area (Å²) >= 11 is 6.61. The predicted octanol–water partition coefficient (Wildman–Crippen LogP) is 5.64. The molecule has 0 aromatic heterocycles. The third-order valence-corrected chi connectivity index (χ3v) is 8.98. The summed E-state index contributed by atoms with van der Waals surface area (Å²) in [4.78, 5) is 17.9. The van der Waals surface area contributed by atoms with Gasteiger partial charge in [0.2, 0.25) is 5.91 Å². The Hall–Kier alpha value is -2.11. The van der Waals surface area contributed by atoms with Crippen LogP contribution in [0.3, 0.4) is 0 Å². The number of carbonyl (C=O) groups excluding carboxylic acids is 1. The second-order valence-corrected chi connectivity index (χ2v) is 12.8. The van der Waals surface area contributed by atoms with Crippen LogP contribution in [0.5, 0.6) is 5.75 Å². The van der Waals surface area contributed by atoms with Crippen LogP contribution in [0.1, 0.15) is 116 Å². The van der Waals surface area contributed by atoms with Gasteiger partial charge in [0.05, 0.1) is 23.6 Å². The molecule has 1 atom stereocenters. The van der Waals surface area contributed by atoms with Crippen LogP contribution in [0, 0.1) is 5.41 Å². The minimum Gasteiger partial charge on any atom is -1.00 e. The summed E-state index contributed by atoms with van der Waals surface area (Å²) in [5, 5.41) is 0.598. The molecule has 238 valence electrons. The molecule has 6 heteroatoms. The zero-order valence-corrected chi connectivity index (χ0v) is 29.4. The first kappa shape index (κ1) is 37.1. The smallest absolute Gasteiger partial charge is 0.224 e. The van der Waals surface area contributed by atoms with Gasteiger partial charge < -0.3 is 26.6 Å². The Balaban J connectivity index is 0.00000645. The molecule has 1 unspecified atom stereocenters. The zero-order valence-electron chi connectivity index (χ0n) is 27.0. The van der Waals surface area contributed by atoms with Gasteiger partial charge >= 0.3 is 0 Å². The summed E-state index contributed by atoms with van der Waals surface area (Å²) in [5.41, 5.74) is 4.52. The molecule has 4 nitrogen and oxygen atoms in total. The fourth-order valence-corrected chi connectivity index (χ4v) is 6.01. The molecule has 1 N–H and O–H groups in total. The molecule has 1 amide bonds. The van der Waals surface area contributed by atoms with Crippen LogP contribution in [0.15, 0.2) is 54.1 Å². The molecule has 2 aromatic carbocycles. The van der Waals surface area contributed by atoms with E-state index < -0.39 is 0 Å². The Morgan fingerprint density at radius 2 is 1.58 bits per heavy atom. The monoisotopic (exact) mass is 672 g/mol. The third-order valence-electron chi connectivity index (χ3n) is 8.68. The number of benzene rings is 2. The summed E-state index contributed by atoms with van der Waals surface area (Å²) in [6.07, 6.45) is 21.0. The van der Waals surface area contributed by atoms with Crippen LogP contribution in [0.4, 0.5) is 5.69 Å². The topological polar surface area (TPSA) is 43.5 Å². The number of hydrogen-bond acceptors (Lipinski definition) is 2. The molecule has 0 fully saturated rings.